The van der Waals surface area contributed by atoms with Crippen molar-refractivity contribution in [1.82, 2.24) is 4.31 Å². The number of sulfonamides is 1. The third-order valence-electron chi connectivity index (χ3n) is 5.53. The number of nitrogens with zero attached hydrogens (tertiary/aromatic N) is 1. The van der Waals surface area contributed by atoms with E-state index in [0.29, 0.717) is 30.2 Å². The number of fused-ring (bicyclic) bond motifs is 2. The number of rotatable bonds is 3. The zero-order chi connectivity index (χ0) is 17.7. The van der Waals surface area contributed by atoms with Gasteiger partial charge >= 0.3 is 0 Å². The lowest BCUT2D eigenvalue weighted by atomic mass is 9.76. The van der Waals surface area contributed by atoms with Crippen molar-refractivity contribution in [2.45, 2.75) is 11.3 Å². The summed E-state index contributed by atoms with van der Waals surface area (Å²) in [6.07, 6.45) is 0.767. The van der Waals surface area contributed by atoms with Crippen molar-refractivity contribution >= 4 is 32.4 Å². The lowest BCUT2D eigenvalue weighted by Gasteiger charge is -2.36. The molecular weight excluding hydrogens is 362 g/mol. The molecule has 25 heavy (non-hydrogen) atoms. The van der Waals surface area contributed by atoms with Crippen molar-refractivity contribution in [3.63, 3.8) is 0 Å². The first-order chi connectivity index (χ1) is 12.0. The van der Waals surface area contributed by atoms with Gasteiger partial charge < -0.3 is 9.84 Å². The summed E-state index contributed by atoms with van der Waals surface area (Å²) in [4.78, 5) is 0.225. The van der Waals surface area contributed by atoms with E-state index in [0.717, 1.165) is 11.8 Å². The molecule has 2 aliphatic heterocycles. The molecule has 0 unspecified atom stereocenters. The average molecular weight is 382 g/mol. The van der Waals surface area contributed by atoms with Gasteiger partial charge in [-0.2, -0.15) is 4.31 Å². The van der Waals surface area contributed by atoms with Crippen LogP contribution in [0, 0.1) is 11.3 Å². The number of hydrogen-bond acceptors (Lipinski definition) is 4. The smallest absolute Gasteiger partial charge is 0.243 e. The van der Waals surface area contributed by atoms with Crippen molar-refractivity contribution in [1.29, 1.82) is 0 Å². The molecule has 2 aromatic carbocycles. The van der Waals surface area contributed by atoms with Crippen LogP contribution in [0.5, 0.6) is 0 Å². The molecule has 0 aromatic heterocycles. The maximum Gasteiger partial charge on any atom is 0.243 e. The quantitative estimate of drug-likeness (QED) is 0.887. The number of aliphatic hydroxyl groups is 1. The molecule has 7 heteroatoms. The first-order valence-corrected chi connectivity index (χ1v) is 10.2. The van der Waals surface area contributed by atoms with Gasteiger partial charge in [0.2, 0.25) is 10.0 Å². The van der Waals surface area contributed by atoms with Crippen molar-refractivity contribution in [3.05, 3.63) is 41.4 Å². The molecular formula is C18H20ClNO4S. The van der Waals surface area contributed by atoms with E-state index in [4.69, 9.17) is 16.3 Å². The van der Waals surface area contributed by atoms with Crippen LogP contribution in [0.3, 0.4) is 0 Å². The summed E-state index contributed by atoms with van der Waals surface area (Å²) in [6, 6.07) is 10.6. The second-order valence-electron chi connectivity index (χ2n) is 6.95. The van der Waals surface area contributed by atoms with E-state index in [-0.39, 0.29) is 24.0 Å². The van der Waals surface area contributed by atoms with Crippen LogP contribution in [0.25, 0.3) is 10.8 Å². The monoisotopic (exact) mass is 381 g/mol. The summed E-state index contributed by atoms with van der Waals surface area (Å²) in [5, 5.41) is 11.7. The molecule has 2 saturated heterocycles. The highest BCUT2D eigenvalue weighted by molar-refractivity contribution is 7.89. The second-order valence-corrected chi connectivity index (χ2v) is 9.26. The summed E-state index contributed by atoms with van der Waals surface area (Å²) >= 11 is 6.31. The molecule has 0 amide bonds. The predicted molar refractivity (Wildman–Crippen MR) is 96.2 cm³/mol. The van der Waals surface area contributed by atoms with Gasteiger partial charge in [0.25, 0.3) is 0 Å². The molecule has 5 nitrogen and oxygen atoms in total. The SMILES string of the molecule is O=S(=O)(c1cccc2cccc(Cl)c12)N1C[C@@H]2CCOC[C@]2(CO)C1. The van der Waals surface area contributed by atoms with Crippen molar-refractivity contribution in [3.8, 4) is 0 Å². The molecule has 2 heterocycles. The van der Waals surface area contributed by atoms with E-state index in [1.807, 2.05) is 18.2 Å². The molecule has 2 aliphatic rings. The van der Waals surface area contributed by atoms with Crippen molar-refractivity contribution in [2.24, 2.45) is 11.3 Å². The zero-order valence-corrected chi connectivity index (χ0v) is 15.3. The number of hydrogen-bond donors (Lipinski definition) is 1. The molecule has 4 rings (SSSR count). The highest BCUT2D eigenvalue weighted by atomic mass is 35.5. The molecule has 0 bridgehead atoms. The van der Waals surface area contributed by atoms with E-state index >= 15 is 0 Å². The molecule has 1 N–H and O–H groups in total. The molecule has 2 aromatic rings. The molecule has 0 radical (unpaired) electrons. The molecule has 0 saturated carbocycles. The van der Waals surface area contributed by atoms with Crippen LogP contribution in [-0.4, -0.2) is 50.7 Å². The Balaban J connectivity index is 1.79. The van der Waals surface area contributed by atoms with Gasteiger partial charge in [-0.05, 0) is 29.9 Å². The summed E-state index contributed by atoms with van der Waals surface area (Å²) in [6.45, 7) is 1.63. The van der Waals surface area contributed by atoms with Gasteiger partial charge in [0.15, 0.2) is 0 Å². The molecule has 2 atom stereocenters. The maximum atomic E-state index is 13.3. The standard InChI is InChI=1S/C18H20ClNO4S/c19-15-5-1-3-13-4-2-6-16(17(13)15)25(22,23)20-9-14-7-8-24-12-18(14,10-20)11-21/h1-6,14,21H,7-12H2/t14-,18+/m0/s1. The fourth-order valence-electron chi connectivity index (χ4n) is 4.07. The first kappa shape index (κ1) is 17.2. The van der Waals surface area contributed by atoms with E-state index in [2.05, 4.69) is 0 Å². The van der Waals surface area contributed by atoms with Crippen LogP contribution in [0.15, 0.2) is 41.3 Å². The Labute approximate surface area is 152 Å². The van der Waals surface area contributed by atoms with Crippen molar-refractivity contribution < 1.29 is 18.3 Å². The topological polar surface area (TPSA) is 66.8 Å². The molecule has 2 fully saturated rings. The van der Waals surface area contributed by atoms with Crippen LogP contribution in [0.1, 0.15) is 6.42 Å². The highest BCUT2D eigenvalue weighted by Crippen LogP contribution is 2.43. The van der Waals surface area contributed by atoms with Crippen LogP contribution in [-0.2, 0) is 14.8 Å². The predicted octanol–water partition coefficient (Wildman–Crippen LogP) is 2.51. The summed E-state index contributed by atoms with van der Waals surface area (Å²) in [5.41, 5.74) is -0.500. The van der Waals surface area contributed by atoms with Gasteiger partial charge in [-0.1, -0.05) is 35.9 Å². The minimum Gasteiger partial charge on any atom is -0.396 e. The average Bonchev–Trinajstić information content (AvgIpc) is 3.02. The molecule has 134 valence electrons. The Morgan fingerprint density at radius 1 is 1.28 bits per heavy atom. The Hall–Kier alpha value is -1.18. The summed E-state index contributed by atoms with van der Waals surface area (Å²) < 4.78 is 33.7. The van der Waals surface area contributed by atoms with E-state index in [1.165, 1.54) is 4.31 Å². The summed E-state index contributed by atoms with van der Waals surface area (Å²) in [7, 11) is -3.71. The number of benzene rings is 2. The largest absolute Gasteiger partial charge is 0.396 e. The fourth-order valence-corrected chi connectivity index (χ4v) is 6.23. The lowest BCUT2D eigenvalue weighted by Crippen LogP contribution is -2.43. The van der Waals surface area contributed by atoms with E-state index < -0.39 is 15.4 Å². The van der Waals surface area contributed by atoms with Gasteiger partial charge in [0, 0.05) is 35.5 Å². The van der Waals surface area contributed by atoms with Crippen LogP contribution in [0.2, 0.25) is 5.02 Å². The van der Waals surface area contributed by atoms with Crippen LogP contribution < -0.4 is 0 Å². The minimum absolute atomic E-state index is 0.0695. The van der Waals surface area contributed by atoms with Gasteiger partial charge in [0.1, 0.15) is 0 Å². The normalized spacial score (nSPS) is 27.5. The Bertz CT molecular complexity index is 911. The first-order valence-electron chi connectivity index (χ1n) is 8.34. The molecule has 0 spiro atoms. The van der Waals surface area contributed by atoms with E-state index in [9.17, 15) is 13.5 Å². The van der Waals surface area contributed by atoms with Gasteiger partial charge in [0.05, 0.1) is 18.1 Å². The van der Waals surface area contributed by atoms with Gasteiger partial charge in [-0.15, -0.1) is 0 Å². The minimum atomic E-state index is -3.71. The number of ether oxygens (including phenoxy) is 1. The van der Waals surface area contributed by atoms with E-state index in [1.54, 1.807) is 18.2 Å². The maximum absolute atomic E-state index is 13.3. The Morgan fingerprint density at radius 3 is 2.76 bits per heavy atom. The third-order valence-corrected chi connectivity index (χ3v) is 7.70. The Kier molecular flexibility index (Phi) is 4.29. The molecule has 0 aliphatic carbocycles. The van der Waals surface area contributed by atoms with Crippen LogP contribution >= 0.6 is 11.6 Å². The summed E-state index contributed by atoms with van der Waals surface area (Å²) in [5.74, 6) is 0.117. The second kappa shape index (κ2) is 6.21. The number of aliphatic hydroxyl groups excluding tert-OH is 1. The Morgan fingerprint density at radius 2 is 2.04 bits per heavy atom. The van der Waals surface area contributed by atoms with Gasteiger partial charge in [-0.25, -0.2) is 8.42 Å². The van der Waals surface area contributed by atoms with Gasteiger partial charge in [-0.3, -0.25) is 0 Å². The van der Waals surface area contributed by atoms with Crippen molar-refractivity contribution in [2.75, 3.05) is 32.9 Å². The number of halogens is 1. The fraction of sp³-hybridized carbons (Fsp3) is 0.444. The zero-order valence-electron chi connectivity index (χ0n) is 13.7. The highest BCUT2D eigenvalue weighted by Gasteiger charge is 2.51. The third kappa shape index (κ3) is 2.67. The lowest BCUT2D eigenvalue weighted by molar-refractivity contribution is -0.0552. The van der Waals surface area contributed by atoms with Crippen LogP contribution in [0.4, 0.5) is 0 Å².